The molecule has 0 aromatic heterocycles. The minimum Gasteiger partial charge on any atom is -0.336 e. The van der Waals surface area contributed by atoms with E-state index in [9.17, 15) is 13.6 Å². The minimum atomic E-state index is -2.48. The van der Waals surface area contributed by atoms with E-state index < -0.39 is 13.0 Å². The van der Waals surface area contributed by atoms with E-state index in [1.165, 1.54) is 16.0 Å². The van der Waals surface area contributed by atoms with Gasteiger partial charge in [-0.3, -0.25) is 4.79 Å². The van der Waals surface area contributed by atoms with Gasteiger partial charge < -0.3 is 4.90 Å². The SMILES string of the molecule is O=C(C1CCc2ccccc2C1)N(CCBr)CC(F)F. The third-order valence-corrected chi connectivity index (χ3v) is 4.08. The van der Waals surface area contributed by atoms with Crippen LogP contribution in [0.2, 0.25) is 0 Å². The summed E-state index contributed by atoms with van der Waals surface area (Å²) in [6, 6.07) is 8.05. The number of carbonyl (C=O) groups is 1. The smallest absolute Gasteiger partial charge is 0.255 e. The Balaban J connectivity index is 2.05. The van der Waals surface area contributed by atoms with Gasteiger partial charge in [-0.1, -0.05) is 40.2 Å². The van der Waals surface area contributed by atoms with Crippen molar-refractivity contribution in [3.05, 3.63) is 35.4 Å². The average Bonchev–Trinajstić information content (AvgIpc) is 2.45. The van der Waals surface area contributed by atoms with Crippen molar-refractivity contribution in [3.63, 3.8) is 0 Å². The van der Waals surface area contributed by atoms with E-state index in [4.69, 9.17) is 0 Å². The molecule has 5 heteroatoms. The first-order valence-electron chi connectivity index (χ1n) is 6.81. The zero-order valence-corrected chi connectivity index (χ0v) is 12.8. The van der Waals surface area contributed by atoms with Gasteiger partial charge in [0.05, 0.1) is 6.54 Å². The summed E-state index contributed by atoms with van der Waals surface area (Å²) in [4.78, 5) is 13.7. The molecule has 2 rings (SSSR count). The Morgan fingerprint density at radius 2 is 2.05 bits per heavy atom. The second kappa shape index (κ2) is 7.16. The molecule has 20 heavy (non-hydrogen) atoms. The maximum Gasteiger partial charge on any atom is 0.255 e. The van der Waals surface area contributed by atoms with Crippen molar-refractivity contribution in [1.82, 2.24) is 4.90 Å². The van der Waals surface area contributed by atoms with Crippen LogP contribution in [-0.2, 0) is 17.6 Å². The summed E-state index contributed by atoms with van der Waals surface area (Å²) in [5, 5.41) is 0.523. The van der Waals surface area contributed by atoms with Crippen LogP contribution < -0.4 is 0 Å². The second-order valence-electron chi connectivity index (χ2n) is 5.07. The molecular formula is C15H18BrF2NO. The number of benzene rings is 1. The first kappa shape index (κ1) is 15.4. The molecule has 1 aliphatic rings. The van der Waals surface area contributed by atoms with E-state index >= 15 is 0 Å². The molecule has 2 nitrogen and oxygen atoms in total. The molecule has 110 valence electrons. The summed E-state index contributed by atoms with van der Waals surface area (Å²) in [5.74, 6) is -0.304. The van der Waals surface area contributed by atoms with Crippen molar-refractivity contribution in [1.29, 1.82) is 0 Å². The molecule has 0 radical (unpaired) electrons. The topological polar surface area (TPSA) is 20.3 Å². The first-order chi connectivity index (χ1) is 9.61. The molecule has 1 aromatic rings. The van der Waals surface area contributed by atoms with Gasteiger partial charge in [0, 0.05) is 17.8 Å². The van der Waals surface area contributed by atoms with Crippen molar-refractivity contribution in [2.75, 3.05) is 18.4 Å². The fourth-order valence-corrected chi connectivity index (χ4v) is 3.15. The number of carbonyl (C=O) groups excluding carboxylic acids is 1. The van der Waals surface area contributed by atoms with Gasteiger partial charge in [0.15, 0.2) is 0 Å². The first-order valence-corrected chi connectivity index (χ1v) is 7.93. The van der Waals surface area contributed by atoms with Crippen LogP contribution in [0.3, 0.4) is 0 Å². The van der Waals surface area contributed by atoms with Crippen LogP contribution in [0.25, 0.3) is 0 Å². The fraction of sp³-hybridized carbons (Fsp3) is 0.533. The largest absolute Gasteiger partial charge is 0.336 e. The summed E-state index contributed by atoms with van der Waals surface area (Å²) in [6.07, 6.45) is -0.216. The second-order valence-corrected chi connectivity index (χ2v) is 5.87. The maximum absolute atomic E-state index is 12.6. The number of amides is 1. The Morgan fingerprint density at radius 3 is 2.70 bits per heavy atom. The minimum absolute atomic E-state index is 0.140. The van der Waals surface area contributed by atoms with Crippen molar-refractivity contribution in [2.24, 2.45) is 5.92 Å². The van der Waals surface area contributed by atoms with Crippen LogP contribution in [0.15, 0.2) is 24.3 Å². The highest BCUT2D eigenvalue weighted by Gasteiger charge is 2.29. The molecule has 0 bridgehead atoms. The van der Waals surface area contributed by atoms with Crippen LogP contribution in [0.1, 0.15) is 17.5 Å². The lowest BCUT2D eigenvalue weighted by Crippen LogP contribution is -2.42. The summed E-state index contributed by atoms with van der Waals surface area (Å²) >= 11 is 3.22. The van der Waals surface area contributed by atoms with Crippen LogP contribution in [0.5, 0.6) is 0 Å². The van der Waals surface area contributed by atoms with Crippen molar-refractivity contribution < 1.29 is 13.6 Å². The molecule has 0 spiro atoms. The standard InChI is InChI=1S/C15H18BrF2NO/c16-7-8-19(10-14(17)18)15(20)13-6-5-11-3-1-2-4-12(11)9-13/h1-4,13-14H,5-10H2. The molecule has 1 aromatic carbocycles. The number of fused-ring (bicyclic) bond motifs is 1. The highest BCUT2D eigenvalue weighted by atomic mass is 79.9. The van der Waals surface area contributed by atoms with Crippen LogP contribution in [0.4, 0.5) is 8.78 Å². The fourth-order valence-electron chi connectivity index (χ4n) is 2.73. The quantitative estimate of drug-likeness (QED) is 0.750. The Bertz CT molecular complexity index is 467. The van der Waals surface area contributed by atoms with Gasteiger partial charge in [-0.15, -0.1) is 0 Å². The number of aryl methyl sites for hydroxylation is 1. The molecule has 1 amide bonds. The number of hydrogen-bond acceptors (Lipinski definition) is 1. The van der Waals surface area contributed by atoms with Crippen LogP contribution >= 0.6 is 15.9 Å². The normalized spacial score (nSPS) is 17.9. The Morgan fingerprint density at radius 1 is 1.35 bits per heavy atom. The zero-order chi connectivity index (χ0) is 14.5. The number of nitrogens with zero attached hydrogens (tertiary/aromatic N) is 1. The molecule has 0 saturated heterocycles. The average molecular weight is 346 g/mol. The molecule has 0 N–H and O–H groups in total. The van der Waals surface area contributed by atoms with Gasteiger partial charge in [-0.2, -0.15) is 0 Å². The third kappa shape index (κ3) is 3.78. The lowest BCUT2D eigenvalue weighted by molar-refractivity contribution is -0.137. The molecule has 1 atom stereocenters. The third-order valence-electron chi connectivity index (χ3n) is 3.72. The van der Waals surface area contributed by atoms with Gasteiger partial charge in [-0.25, -0.2) is 8.78 Å². The highest BCUT2D eigenvalue weighted by molar-refractivity contribution is 9.09. The number of alkyl halides is 3. The monoisotopic (exact) mass is 345 g/mol. The Hall–Kier alpha value is -0.970. The van der Waals surface area contributed by atoms with Crippen molar-refractivity contribution >= 4 is 21.8 Å². The van der Waals surface area contributed by atoms with Crippen LogP contribution in [0, 0.1) is 5.92 Å². The molecule has 1 unspecified atom stereocenters. The lowest BCUT2D eigenvalue weighted by Gasteiger charge is -2.29. The van der Waals surface area contributed by atoms with E-state index in [0.717, 1.165) is 12.8 Å². The van der Waals surface area contributed by atoms with Gasteiger partial charge in [-0.05, 0) is 30.4 Å². The lowest BCUT2D eigenvalue weighted by atomic mass is 9.83. The summed E-state index contributed by atoms with van der Waals surface area (Å²) < 4.78 is 25.1. The maximum atomic E-state index is 12.6. The number of hydrogen-bond donors (Lipinski definition) is 0. The molecule has 0 saturated carbocycles. The summed E-state index contributed by atoms with van der Waals surface area (Å²) in [6.45, 7) is -0.135. The van der Waals surface area contributed by atoms with Crippen LogP contribution in [-0.4, -0.2) is 35.7 Å². The Kier molecular flexibility index (Phi) is 5.52. The highest BCUT2D eigenvalue weighted by Crippen LogP contribution is 2.27. The molecular weight excluding hydrogens is 328 g/mol. The van der Waals surface area contributed by atoms with Gasteiger partial charge in [0.1, 0.15) is 0 Å². The molecule has 1 aliphatic carbocycles. The van der Waals surface area contributed by atoms with Crippen molar-refractivity contribution in [3.8, 4) is 0 Å². The van der Waals surface area contributed by atoms with Gasteiger partial charge in [0.2, 0.25) is 5.91 Å². The predicted molar refractivity (Wildman–Crippen MR) is 78.3 cm³/mol. The summed E-state index contributed by atoms with van der Waals surface area (Å²) in [7, 11) is 0. The molecule has 0 aliphatic heterocycles. The summed E-state index contributed by atoms with van der Waals surface area (Å²) in [5.41, 5.74) is 2.45. The van der Waals surface area contributed by atoms with E-state index in [2.05, 4.69) is 22.0 Å². The van der Waals surface area contributed by atoms with E-state index in [1.807, 2.05) is 18.2 Å². The zero-order valence-electron chi connectivity index (χ0n) is 11.2. The van der Waals surface area contributed by atoms with Gasteiger partial charge in [0.25, 0.3) is 6.43 Å². The van der Waals surface area contributed by atoms with Crippen molar-refractivity contribution in [2.45, 2.75) is 25.7 Å². The number of rotatable bonds is 5. The van der Waals surface area contributed by atoms with E-state index in [0.29, 0.717) is 18.3 Å². The molecule has 0 fully saturated rings. The molecule has 0 heterocycles. The number of halogens is 3. The predicted octanol–water partition coefficient (Wildman–Crippen LogP) is 3.28. The van der Waals surface area contributed by atoms with Gasteiger partial charge >= 0.3 is 0 Å². The Labute approximate surface area is 126 Å². The van der Waals surface area contributed by atoms with E-state index in [-0.39, 0.29) is 11.8 Å². The van der Waals surface area contributed by atoms with E-state index in [1.54, 1.807) is 0 Å².